The van der Waals surface area contributed by atoms with Crippen LogP contribution in [0.25, 0.3) is 0 Å². The maximum Gasteiger partial charge on any atom is 0.472 e. The van der Waals surface area contributed by atoms with Crippen molar-refractivity contribution >= 4 is 19.8 Å². The Hall–Kier alpha value is -1.77. The second kappa shape index (κ2) is 59.8. The highest BCUT2D eigenvalue weighted by atomic mass is 31.2. The van der Waals surface area contributed by atoms with E-state index < -0.39 is 26.5 Å². The molecule has 0 aromatic carbocycles. The molecule has 0 bridgehead atoms. The van der Waals surface area contributed by atoms with Crippen molar-refractivity contribution in [1.29, 1.82) is 0 Å². The van der Waals surface area contributed by atoms with E-state index in [-0.39, 0.29) is 25.6 Å². The molecule has 0 aliphatic carbocycles. The number of hydrogen-bond donors (Lipinski definition) is 1. The maximum atomic E-state index is 12.8. The Morgan fingerprint density at radius 1 is 0.397 bits per heavy atom. The van der Waals surface area contributed by atoms with Gasteiger partial charge < -0.3 is 18.9 Å². The van der Waals surface area contributed by atoms with E-state index in [0.717, 1.165) is 44.9 Å². The average Bonchev–Trinajstić information content (AvgIpc) is 3.41. The average molecular weight is 1120 g/mol. The normalized spacial score (nSPS) is 13.4. The first kappa shape index (κ1) is 76.2. The quantitative estimate of drug-likeness (QED) is 0.0211. The number of ether oxygens (including phenoxy) is 2. The molecule has 460 valence electrons. The molecule has 0 aliphatic heterocycles. The molecule has 0 aliphatic rings. The molecular weight excluding hydrogens is 990 g/mol. The van der Waals surface area contributed by atoms with Gasteiger partial charge in [0.2, 0.25) is 0 Å². The van der Waals surface area contributed by atoms with E-state index in [1.54, 1.807) is 0 Å². The van der Waals surface area contributed by atoms with Crippen molar-refractivity contribution in [2.45, 2.75) is 341 Å². The molecule has 9 nitrogen and oxygen atoms in total. The first-order valence-corrected chi connectivity index (χ1v) is 35.2. The third kappa shape index (κ3) is 63.4. The van der Waals surface area contributed by atoms with Gasteiger partial charge in [-0.25, -0.2) is 4.57 Å². The first-order valence-electron chi connectivity index (χ1n) is 33.7. The minimum Gasteiger partial charge on any atom is -0.462 e. The van der Waals surface area contributed by atoms with Crippen LogP contribution in [0.2, 0.25) is 0 Å². The highest BCUT2D eigenvalue weighted by Gasteiger charge is 2.27. The van der Waals surface area contributed by atoms with Gasteiger partial charge in [-0.15, -0.1) is 0 Å². The monoisotopic (exact) mass is 1120 g/mol. The smallest absolute Gasteiger partial charge is 0.462 e. The molecule has 0 aromatic rings. The minimum absolute atomic E-state index is 0.0354. The van der Waals surface area contributed by atoms with Crippen LogP contribution in [0.5, 0.6) is 0 Å². The molecule has 78 heavy (non-hydrogen) atoms. The van der Waals surface area contributed by atoms with Gasteiger partial charge in [-0.05, 0) is 51.4 Å². The summed E-state index contributed by atoms with van der Waals surface area (Å²) in [5.74, 6) is -0.777. The SMILES string of the molecule is CCCCCCC/C=C\C/C=C\C/C=C\CCCCCCCCCCCCCCCCCCCCCCCCCCC(=O)OC(COC(=O)CCCCCCCCCCCCCCCCC)COP(=O)(O)OCC[N+](C)(C)C. The van der Waals surface area contributed by atoms with E-state index in [2.05, 4.69) is 50.3 Å². The molecule has 0 saturated heterocycles. The summed E-state index contributed by atoms with van der Waals surface area (Å²) < 4.78 is 34.6. The first-order chi connectivity index (χ1) is 38.0. The van der Waals surface area contributed by atoms with Gasteiger partial charge in [-0.1, -0.05) is 307 Å². The number of esters is 2. The highest BCUT2D eigenvalue weighted by molar-refractivity contribution is 7.47. The Labute approximate surface area is 484 Å². The summed E-state index contributed by atoms with van der Waals surface area (Å²) in [7, 11) is 1.50. The predicted octanol–water partition coefficient (Wildman–Crippen LogP) is 21.5. The Kier molecular flexibility index (Phi) is 58.5. The number of hydrogen-bond acceptors (Lipinski definition) is 7. The number of rotatable bonds is 63. The fraction of sp³-hybridized carbons (Fsp3) is 0.882. The third-order valence-electron chi connectivity index (χ3n) is 15.2. The number of quaternary nitrogens is 1. The lowest BCUT2D eigenvalue weighted by molar-refractivity contribution is -0.870. The molecule has 0 amide bonds. The van der Waals surface area contributed by atoms with Crippen molar-refractivity contribution < 1.29 is 42.1 Å². The molecule has 2 unspecified atom stereocenters. The topological polar surface area (TPSA) is 108 Å². The molecule has 0 spiro atoms. The summed E-state index contributed by atoms with van der Waals surface area (Å²) >= 11 is 0. The zero-order valence-electron chi connectivity index (χ0n) is 52.4. The van der Waals surface area contributed by atoms with Gasteiger partial charge in [0.15, 0.2) is 6.10 Å². The van der Waals surface area contributed by atoms with Crippen molar-refractivity contribution in [3.8, 4) is 0 Å². The lowest BCUT2D eigenvalue weighted by Crippen LogP contribution is -2.37. The number of likely N-dealkylation sites (N-methyl/N-ethyl adjacent to an activating group) is 1. The third-order valence-corrected chi connectivity index (χ3v) is 16.2. The lowest BCUT2D eigenvalue weighted by Gasteiger charge is -2.24. The van der Waals surface area contributed by atoms with Gasteiger partial charge in [-0.3, -0.25) is 18.6 Å². The summed E-state index contributed by atoms with van der Waals surface area (Å²) in [5, 5.41) is 0. The van der Waals surface area contributed by atoms with Crippen LogP contribution in [0.4, 0.5) is 0 Å². The zero-order valence-corrected chi connectivity index (χ0v) is 53.3. The largest absolute Gasteiger partial charge is 0.472 e. The molecule has 0 aromatic heterocycles. The van der Waals surface area contributed by atoms with Gasteiger partial charge in [0.1, 0.15) is 19.8 Å². The van der Waals surface area contributed by atoms with E-state index >= 15 is 0 Å². The van der Waals surface area contributed by atoms with Crippen LogP contribution in [0.1, 0.15) is 335 Å². The van der Waals surface area contributed by atoms with Gasteiger partial charge in [-0.2, -0.15) is 0 Å². The number of phosphoric ester groups is 1. The van der Waals surface area contributed by atoms with Crippen LogP contribution in [-0.2, 0) is 32.7 Å². The number of unbranched alkanes of at least 4 members (excludes halogenated alkanes) is 43. The predicted molar refractivity (Wildman–Crippen MR) is 335 cm³/mol. The summed E-state index contributed by atoms with van der Waals surface area (Å²) in [5.41, 5.74) is 0. The number of carbonyl (C=O) groups excluding carboxylic acids is 2. The Morgan fingerprint density at radius 2 is 0.692 bits per heavy atom. The number of phosphoric acid groups is 1. The molecule has 0 fully saturated rings. The van der Waals surface area contributed by atoms with Gasteiger partial charge in [0.05, 0.1) is 27.7 Å². The minimum atomic E-state index is -4.38. The van der Waals surface area contributed by atoms with Crippen molar-refractivity contribution in [1.82, 2.24) is 0 Å². The fourth-order valence-corrected chi connectivity index (χ4v) is 10.7. The van der Waals surface area contributed by atoms with Crippen LogP contribution >= 0.6 is 7.82 Å². The molecule has 10 heteroatoms. The summed E-state index contributed by atoms with van der Waals surface area (Å²) in [4.78, 5) is 35.7. The summed E-state index contributed by atoms with van der Waals surface area (Å²) in [6, 6.07) is 0. The second-order valence-corrected chi connectivity index (χ2v) is 25.7. The molecule has 0 saturated carbocycles. The highest BCUT2D eigenvalue weighted by Crippen LogP contribution is 2.43. The Balaban J connectivity index is 3.88. The van der Waals surface area contributed by atoms with E-state index in [1.165, 1.54) is 257 Å². The number of carbonyl (C=O) groups is 2. The van der Waals surface area contributed by atoms with Gasteiger partial charge in [0, 0.05) is 12.8 Å². The fourth-order valence-electron chi connectivity index (χ4n) is 9.97. The van der Waals surface area contributed by atoms with E-state index in [9.17, 15) is 19.0 Å². The van der Waals surface area contributed by atoms with Crippen LogP contribution in [-0.4, -0.2) is 74.9 Å². The van der Waals surface area contributed by atoms with Crippen molar-refractivity contribution in [3.63, 3.8) is 0 Å². The summed E-state index contributed by atoms with van der Waals surface area (Å²) in [6.45, 7) is 4.48. The van der Waals surface area contributed by atoms with Crippen molar-refractivity contribution in [3.05, 3.63) is 36.5 Å². The molecule has 2 atom stereocenters. The lowest BCUT2D eigenvalue weighted by atomic mass is 10.0. The summed E-state index contributed by atoms with van der Waals surface area (Å²) in [6.07, 6.45) is 75.4. The number of allylic oxidation sites excluding steroid dienone is 6. The maximum absolute atomic E-state index is 12.8. The van der Waals surface area contributed by atoms with E-state index in [0.29, 0.717) is 23.9 Å². The molecule has 0 radical (unpaired) electrons. The molecule has 0 rings (SSSR count). The molecule has 0 heterocycles. The Bertz CT molecular complexity index is 1410. The van der Waals surface area contributed by atoms with Crippen LogP contribution in [0.15, 0.2) is 36.5 Å². The molecular formula is C68H131NO8P+. The number of nitrogens with zero attached hydrogens (tertiary/aromatic N) is 1. The van der Waals surface area contributed by atoms with Crippen molar-refractivity contribution in [2.24, 2.45) is 0 Å². The van der Waals surface area contributed by atoms with Crippen molar-refractivity contribution in [2.75, 3.05) is 47.5 Å². The Morgan fingerprint density at radius 3 is 1.03 bits per heavy atom. The van der Waals surface area contributed by atoms with E-state index in [1.807, 2.05) is 21.1 Å². The van der Waals surface area contributed by atoms with E-state index in [4.69, 9.17) is 18.5 Å². The van der Waals surface area contributed by atoms with Gasteiger partial charge in [0.25, 0.3) is 0 Å². The van der Waals surface area contributed by atoms with Crippen LogP contribution in [0, 0.1) is 0 Å². The zero-order chi connectivity index (χ0) is 57.0. The van der Waals surface area contributed by atoms with Gasteiger partial charge >= 0.3 is 19.8 Å². The second-order valence-electron chi connectivity index (χ2n) is 24.2. The van der Waals surface area contributed by atoms with Crippen LogP contribution < -0.4 is 0 Å². The molecule has 1 N–H and O–H groups in total. The van der Waals surface area contributed by atoms with Crippen LogP contribution in [0.3, 0.4) is 0 Å². The standard InChI is InChI=1S/C68H130NO8P/c1-6-8-10-12-14-16-18-20-22-23-24-25-26-27-28-29-30-31-32-33-34-35-36-37-38-39-40-41-42-43-44-45-47-49-51-53-55-57-59-61-68(71)77-66(65-76-78(72,73)75-63-62-69(3,4)5)64-74-67(70)60-58-56-54-52-50-48-46-21-19-17-15-13-11-9-7-2/h18,20,23-24,26-27,66H,6-17,19,21-22,25,28-65H2,1-5H3/p+1/b20-18-,24-23-,27-26-.